The number of fused-ring (bicyclic) bond motifs is 1. The zero-order chi connectivity index (χ0) is 20.0. The zero-order valence-electron chi connectivity index (χ0n) is 16.1. The molecule has 1 aliphatic heterocycles. The molecule has 0 aromatic carbocycles. The van der Waals surface area contributed by atoms with Crippen molar-refractivity contribution >= 4 is 5.91 Å². The zero-order valence-corrected chi connectivity index (χ0v) is 16.1. The highest BCUT2D eigenvalue weighted by molar-refractivity contribution is 5.93. The molecule has 0 saturated carbocycles. The summed E-state index contributed by atoms with van der Waals surface area (Å²) in [5.74, 6) is 0.951. The molecule has 0 atom stereocenters. The van der Waals surface area contributed by atoms with Crippen LogP contribution in [0.4, 0.5) is 0 Å². The minimum atomic E-state index is -0.0444. The van der Waals surface area contributed by atoms with E-state index in [1.807, 2.05) is 43.1 Å². The Balaban J connectivity index is 1.49. The number of carbonyl (C=O) groups is 1. The summed E-state index contributed by atoms with van der Waals surface area (Å²) in [6, 6.07) is 3.87. The third-order valence-electron chi connectivity index (χ3n) is 5.30. The van der Waals surface area contributed by atoms with Crippen LogP contribution in [0.15, 0.2) is 41.4 Å². The lowest BCUT2D eigenvalue weighted by atomic mass is 9.94. The van der Waals surface area contributed by atoms with E-state index in [0.717, 1.165) is 28.1 Å². The molecular formula is C20H19N7O2. The molecule has 0 fully saturated rings. The lowest BCUT2D eigenvalue weighted by Crippen LogP contribution is -2.36. The third kappa shape index (κ3) is 2.91. The maximum Gasteiger partial charge on any atom is 0.274 e. The Hall–Kier alpha value is -3.75. The number of carbonyl (C=O) groups excluding carboxylic acids is 1. The van der Waals surface area contributed by atoms with E-state index < -0.39 is 0 Å². The Kier molecular flexibility index (Phi) is 4.01. The Bertz CT molecular complexity index is 1190. The summed E-state index contributed by atoms with van der Waals surface area (Å²) in [5.41, 5.74) is 5.27. The Morgan fingerprint density at radius 3 is 2.97 bits per heavy atom. The third-order valence-corrected chi connectivity index (χ3v) is 5.30. The van der Waals surface area contributed by atoms with Crippen molar-refractivity contribution in [2.75, 3.05) is 6.54 Å². The second-order valence-corrected chi connectivity index (χ2v) is 7.11. The van der Waals surface area contributed by atoms with Crippen LogP contribution < -0.4 is 0 Å². The van der Waals surface area contributed by atoms with Gasteiger partial charge in [-0.1, -0.05) is 5.16 Å². The van der Waals surface area contributed by atoms with Gasteiger partial charge < -0.3 is 14.0 Å². The minimum Gasteiger partial charge on any atom is -0.347 e. The summed E-state index contributed by atoms with van der Waals surface area (Å²) >= 11 is 0. The van der Waals surface area contributed by atoms with Crippen LogP contribution in [0.2, 0.25) is 0 Å². The van der Waals surface area contributed by atoms with Crippen molar-refractivity contribution in [3.8, 4) is 23.0 Å². The second-order valence-electron chi connectivity index (χ2n) is 7.11. The number of hydrogen-bond acceptors (Lipinski definition) is 6. The number of H-pyrrole nitrogens is 1. The smallest absolute Gasteiger partial charge is 0.274 e. The van der Waals surface area contributed by atoms with Crippen LogP contribution in [0.1, 0.15) is 27.2 Å². The number of rotatable bonds is 3. The van der Waals surface area contributed by atoms with Crippen LogP contribution in [0.25, 0.3) is 23.0 Å². The number of nitrogens with zero attached hydrogens (tertiary/aromatic N) is 6. The van der Waals surface area contributed by atoms with Gasteiger partial charge in [0.2, 0.25) is 5.82 Å². The van der Waals surface area contributed by atoms with Gasteiger partial charge in [-0.2, -0.15) is 10.1 Å². The highest BCUT2D eigenvalue weighted by Crippen LogP contribution is 2.32. The van der Waals surface area contributed by atoms with Crippen molar-refractivity contribution < 1.29 is 9.32 Å². The van der Waals surface area contributed by atoms with Crippen LogP contribution in [-0.2, 0) is 20.0 Å². The molecule has 9 nitrogen and oxygen atoms in total. The predicted octanol–water partition coefficient (Wildman–Crippen LogP) is 2.37. The molecule has 0 bridgehead atoms. The van der Waals surface area contributed by atoms with Gasteiger partial charge in [-0.25, -0.2) is 0 Å². The van der Waals surface area contributed by atoms with Gasteiger partial charge in [0, 0.05) is 50.0 Å². The standard InChI is InChI=1S/C20H19N7O2/c1-12-17(18-24-19(29-25-18)16-4-3-6-26(16)2)15-5-7-27(11-14(15)8-21-12)20(28)13-9-22-23-10-13/h3-4,6,8-10H,5,7,11H2,1-2H3,(H,22,23). The van der Waals surface area contributed by atoms with Crippen molar-refractivity contribution in [2.45, 2.75) is 19.9 Å². The minimum absolute atomic E-state index is 0.0444. The summed E-state index contributed by atoms with van der Waals surface area (Å²) in [6.45, 7) is 3.04. The molecule has 4 aromatic heterocycles. The molecule has 146 valence electrons. The SMILES string of the molecule is Cc1ncc2c(c1-c1noc(-c3cccn3C)n1)CCN(C(=O)c1cn[nH]c1)C2. The van der Waals surface area contributed by atoms with Crippen molar-refractivity contribution in [1.82, 2.24) is 34.8 Å². The van der Waals surface area contributed by atoms with E-state index in [9.17, 15) is 4.79 Å². The van der Waals surface area contributed by atoms with Gasteiger partial charge in [-0.05, 0) is 36.6 Å². The molecule has 1 amide bonds. The summed E-state index contributed by atoms with van der Waals surface area (Å²) in [4.78, 5) is 23.6. The molecule has 1 N–H and O–H groups in total. The van der Waals surface area contributed by atoms with E-state index in [0.29, 0.717) is 36.8 Å². The summed E-state index contributed by atoms with van der Waals surface area (Å²) in [7, 11) is 1.93. The van der Waals surface area contributed by atoms with Gasteiger partial charge >= 0.3 is 0 Å². The van der Waals surface area contributed by atoms with Crippen molar-refractivity contribution in [3.63, 3.8) is 0 Å². The van der Waals surface area contributed by atoms with Gasteiger partial charge in [0.25, 0.3) is 11.8 Å². The lowest BCUT2D eigenvalue weighted by Gasteiger charge is -2.29. The molecule has 5 heterocycles. The first-order valence-corrected chi connectivity index (χ1v) is 9.33. The number of nitrogens with one attached hydrogen (secondary N) is 1. The molecule has 0 spiro atoms. The molecule has 0 saturated heterocycles. The quantitative estimate of drug-likeness (QED) is 0.577. The lowest BCUT2D eigenvalue weighted by molar-refractivity contribution is 0.0734. The van der Waals surface area contributed by atoms with Crippen LogP contribution in [0.3, 0.4) is 0 Å². The Morgan fingerprint density at radius 1 is 1.31 bits per heavy atom. The predicted molar refractivity (Wildman–Crippen MR) is 104 cm³/mol. The summed E-state index contributed by atoms with van der Waals surface area (Å²) in [6.07, 6.45) is 7.62. The largest absolute Gasteiger partial charge is 0.347 e. The van der Waals surface area contributed by atoms with Gasteiger partial charge in [-0.3, -0.25) is 14.9 Å². The Labute approximate surface area is 166 Å². The van der Waals surface area contributed by atoms with Gasteiger partial charge in [0.15, 0.2) is 0 Å². The maximum absolute atomic E-state index is 12.7. The first-order chi connectivity index (χ1) is 14.1. The first-order valence-electron chi connectivity index (χ1n) is 9.33. The number of pyridine rings is 1. The molecule has 0 unspecified atom stereocenters. The average molecular weight is 389 g/mol. The van der Waals surface area contributed by atoms with E-state index in [2.05, 4.69) is 25.3 Å². The topological polar surface area (TPSA) is 106 Å². The number of aromatic nitrogens is 6. The molecule has 5 rings (SSSR count). The average Bonchev–Trinajstić information content (AvgIpc) is 3.48. The number of aryl methyl sites for hydroxylation is 2. The summed E-state index contributed by atoms with van der Waals surface area (Å²) in [5, 5.41) is 10.8. The molecule has 29 heavy (non-hydrogen) atoms. The van der Waals surface area contributed by atoms with E-state index in [-0.39, 0.29) is 5.91 Å². The van der Waals surface area contributed by atoms with Gasteiger partial charge in [0.05, 0.1) is 11.8 Å². The fraction of sp³-hybridized carbons (Fsp3) is 0.250. The molecule has 0 radical (unpaired) electrons. The number of amides is 1. The molecular weight excluding hydrogens is 370 g/mol. The monoisotopic (exact) mass is 389 g/mol. The highest BCUT2D eigenvalue weighted by Gasteiger charge is 2.27. The second kappa shape index (κ2) is 6.69. The molecule has 9 heteroatoms. The van der Waals surface area contributed by atoms with Crippen LogP contribution in [0.5, 0.6) is 0 Å². The van der Waals surface area contributed by atoms with Gasteiger partial charge in [0.1, 0.15) is 5.69 Å². The van der Waals surface area contributed by atoms with Crippen molar-refractivity contribution in [1.29, 1.82) is 0 Å². The van der Waals surface area contributed by atoms with Crippen LogP contribution in [0, 0.1) is 6.92 Å². The Morgan fingerprint density at radius 2 is 2.21 bits per heavy atom. The molecule has 4 aromatic rings. The van der Waals surface area contributed by atoms with Crippen molar-refractivity contribution in [2.24, 2.45) is 7.05 Å². The van der Waals surface area contributed by atoms with E-state index in [1.165, 1.54) is 0 Å². The highest BCUT2D eigenvalue weighted by atomic mass is 16.5. The first kappa shape index (κ1) is 17.4. The number of hydrogen-bond donors (Lipinski definition) is 1. The number of aromatic amines is 1. The van der Waals surface area contributed by atoms with Crippen LogP contribution in [-0.4, -0.2) is 47.2 Å². The molecule has 1 aliphatic rings. The van der Waals surface area contributed by atoms with Crippen LogP contribution >= 0.6 is 0 Å². The van der Waals surface area contributed by atoms with Gasteiger partial charge in [-0.15, -0.1) is 0 Å². The summed E-state index contributed by atoms with van der Waals surface area (Å²) < 4.78 is 7.45. The fourth-order valence-corrected chi connectivity index (χ4v) is 3.78. The molecule has 0 aliphatic carbocycles. The van der Waals surface area contributed by atoms with E-state index in [4.69, 9.17) is 4.52 Å². The van der Waals surface area contributed by atoms with E-state index in [1.54, 1.807) is 17.3 Å². The normalized spacial score (nSPS) is 13.5. The fourth-order valence-electron chi connectivity index (χ4n) is 3.78. The van der Waals surface area contributed by atoms with Crippen molar-refractivity contribution in [3.05, 3.63) is 59.3 Å². The van der Waals surface area contributed by atoms with E-state index >= 15 is 0 Å². The maximum atomic E-state index is 12.7.